The summed E-state index contributed by atoms with van der Waals surface area (Å²) in [6.45, 7) is 1.81. The first-order valence-corrected chi connectivity index (χ1v) is 9.02. The van der Waals surface area contributed by atoms with Crippen LogP contribution >= 0.6 is 0 Å². The molecule has 0 aromatic heterocycles. The van der Waals surface area contributed by atoms with Gasteiger partial charge in [0.15, 0.2) is 0 Å². The lowest BCUT2D eigenvalue weighted by Crippen LogP contribution is -2.32. The van der Waals surface area contributed by atoms with Crippen LogP contribution in [-0.4, -0.2) is 22.7 Å². The second-order valence-corrected chi connectivity index (χ2v) is 6.69. The Kier molecular flexibility index (Phi) is 4.60. The standard InChI is InChI=1S/C23H17NO5/c1-14(15-5-3-2-4-6-15)24-21(25)19-12-11-18(13-20(19)22(24)26)29-17-9-7-16(8-10-17)23(27)28/h2-14H,1H3,(H,27,28)/p-1/t14-/m1/s1. The average molecular weight is 386 g/mol. The van der Waals surface area contributed by atoms with E-state index in [1.165, 1.54) is 35.2 Å². The van der Waals surface area contributed by atoms with Gasteiger partial charge in [-0.05, 0) is 60.5 Å². The molecule has 6 heteroatoms. The summed E-state index contributed by atoms with van der Waals surface area (Å²) in [5, 5.41) is 10.8. The van der Waals surface area contributed by atoms with Crippen molar-refractivity contribution in [3.63, 3.8) is 0 Å². The predicted octanol–water partition coefficient (Wildman–Crippen LogP) is 3.20. The normalized spacial score (nSPS) is 13.9. The van der Waals surface area contributed by atoms with Gasteiger partial charge in [-0.15, -0.1) is 0 Å². The van der Waals surface area contributed by atoms with Crippen molar-refractivity contribution in [1.82, 2.24) is 4.90 Å². The predicted molar refractivity (Wildman–Crippen MR) is 103 cm³/mol. The number of rotatable bonds is 5. The number of carbonyl (C=O) groups excluding carboxylic acids is 3. The van der Waals surface area contributed by atoms with Crippen LogP contribution in [0.4, 0.5) is 0 Å². The molecule has 0 unspecified atom stereocenters. The molecule has 144 valence electrons. The van der Waals surface area contributed by atoms with E-state index in [2.05, 4.69) is 0 Å². The zero-order valence-corrected chi connectivity index (χ0v) is 15.5. The van der Waals surface area contributed by atoms with Crippen molar-refractivity contribution in [3.05, 3.63) is 95.1 Å². The molecule has 1 atom stereocenters. The molecule has 3 aromatic rings. The lowest BCUT2D eigenvalue weighted by Gasteiger charge is -2.22. The SMILES string of the molecule is C[C@H](c1ccccc1)N1C(=O)c2ccc(Oc3ccc(C(=O)[O-])cc3)cc2C1=O. The van der Waals surface area contributed by atoms with Gasteiger partial charge in [0.1, 0.15) is 11.5 Å². The zero-order valence-electron chi connectivity index (χ0n) is 15.5. The molecule has 1 heterocycles. The Bertz CT molecular complexity index is 1110. The maximum Gasteiger partial charge on any atom is 0.262 e. The Labute approximate surface area is 167 Å². The zero-order chi connectivity index (χ0) is 20.5. The number of hydrogen-bond donors (Lipinski definition) is 0. The van der Waals surface area contributed by atoms with Crippen molar-refractivity contribution < 1.29 is 24.2 Å². The van der Waals surface area contributed by atoms with Crippen LogP contribution in [0.3, 0.4) is 0 Å². The molecule has 0 bridgehead atoms. The summed E-state index contributed by atoms with van der Waals surface area (Å²) >= 11 is 0. The summed E-state index contributed by atoms with van der Waals surface area (Å²) < 4.78 is 5.71. The number of fused-ring (bicyclic) bond motifs is 1. The molecule has 0 N–H and O–H groups in total. The fraction of sp³-hybridized carbons (Fsp3) is 0.0870. The molecule has 4 rings (SSSR count). The quantitative estimate of drug-likeness (QED) is 0.629. The summed E-state index contributed by atoms with van der Waals surface area (Å²) in [7, 11) is 0. The largest absolute Gasteiger partial charge is 0.545 e. The lowest BCUT2D eigenvalue weighted by atomic mass is 10.1. The Morgan fingerprint density at radius 2 is 1.48 bits per heavy atom. The van der Waals surface area contributed by atoms with Gasteiger partial charge in [-0.25, -0.2) is 0 Å². The van der Waals surface area contributed by atoms with E-state index in [-0.39, 0.29) is 22.9 Å². The highest BCUT2D eigenvalue weighted by Crippen LogP contribution is 2.34. The number of aromatic carboxylic acids is 1. The number of nitrogens with zero attached hydrogens (tertiary/aromatic N) is 1. The molecule has 1 aliphatic heterocycles. The molecule has 0 aliphatic carbocycles. The van der Waals surface area contributed by atoms with E-state index >= 15 is 0 Å². The number of carboxylic acid groups (broad SMARTS) is 1. The first kappa shape index (κ1) is 18.4. The summed E-state index contributed by atoms with van der Waals surface area (Å²) in [6.07, 6.45) is 0. The maximum absolute atomic E-state index is 12.9. The van der Waals surface area contributed by atoms with Crippen LogP contribution in [0, 0.1) is 0 Å². The van der Waals surface area contributed by atoms with Gasteiger partial charge >= 0.3 is 0 Å². The van der Waals surface area contributed by atoms with E-state index in [9.17, 15) is 19.5 Å². The molecule has 29 heavy (non-hydrogen) atoms. The molecule has 6 nitrogen and oxygen atoms in total. The number of carboxylic acids is 1. The molecule has 3 aromatic carbocycles. The van der Waals surface area contributed by atoms with Gasteiger partial charge in [0, 0.05) is 0 Å². The third-order valence-corrected chi connectivity index (χ3v) is 4.88. The van der Waals surface area contributed by atoms with Gasteiger partial charge < -0.3 is 14.6 Å². The van der Waals surface area contributed by atoms with Gasteiger partial charge in [-0.3, -0.25) is 14.5 Å². The maximum atomic E-state index is 12.9. The second kappa shape index (κ2) is 7.24. The van der Waals surface area contributed by atoms with E-state index in [1.807, 2.05) is 37.3 Å². The molecule has 0 saturated heterocycles. The van der Waals surface area contributed by atoms with Gasteiger partial charge in [0.05, 0.1) is 23.1 Å². The Balaban J connectivity index is 1.59. The summed E-state index contributed by atoms with van der Waals surface area (Å²) in [5.74, 6) is -1.21. The van der Waals surface area contributed by atoms with Gasteiger partial charge in [-0.1, -0.05) is 30.3 Å². The molecule has 0 spiro atoms. The first-order valence-electron chi connectivity index (χ1n) is 9.02. The van der Waals surface area contributed by atoms with Crippen LogP contribution < -0.4 is 9.84 Å². The van der Waals surface area contributed by atoms with E-state index in [0.717, 1.165) is 5.56 Å². The number of carbonyl (C=O) groups is 3. The molecular formula is C23H16NO5-. The number of hydrogen-bond acceptors (Lipinski definition) is 5. The number of ether oxygens (including phenoxy) is 1. The van der Waals surface area contributed by atoms with Crippen molar-refractivity contribution in [2.24, 2.45) is 0 Å². The van der Waals surface area contributed by atoms with Crippen LogP contribution in [-0.2, 0) is 0 Å². The Hall–Kier alpha value is -3.93. The van der Waals surface area contributed by atoms with Crippen molar-refractivity contribution in [1.29, 1.82) is 0 Å². The highest BCUT2D eigenvalue weighted by molar-refractivity contribution is 6.21. The van der Waals surface area contributed by atoms with Gasteiger partial charge in [0.25, 0.3) is 11.8 Å². The third kappa shape index (κ3) is 3.36. The number of benzene rings is 3. The van der Waals surface area contributed by atoms with Crippen molar-refractivity contribution >= 4 is 17.8 Å². The molecule has 1 aliphatic rings. The van der Waals surface area contributed by atoms with E-state index < -0.39 is 12.0 Å². The molecule has 2 amide bonds. The first-order chi connectivity index (χ1) is 14.0. The fourth-order valence-corrected chi connectivity index (χ4v) is 3.33. The molecule has 0 saturated carbocycles. The van der Waals surface area contributed by atoms with Crippen LogP contribution in [0.1, 0.15) is 49.6 Å². The second-order valence-electron chi connectivity index (χ2n) is 6.69. The van der Waals surface area contributed by atoms with E-state index in [0.29, 0.717) is 17.1 Å². The topological polar surface area (TPSA) is 86.7 Å². The monoisotopic (exact) mass is 386 g/mol. The van der Waals surface area contributed by atoms with Crippen LogP contribution in [0.2, 0.25) is 0 Å². The van der Waals surface area contributed by atoms with Gasteiger partial charge in [-0.2, -0.15) is 0 Å². The highest BCUT2D eigenvalue weighted by Gasteiger charge is 2.39. The third-order valence-electron chi connectivity index (χ3n) is 4.88. The van der Waals surface area contributed by atoms with Crippen LogP contribution in [0.15, 0.2) is 72.8 Å². The Morgan fingerprint density at radius 1 is 0.862 bits per heavy atom. The highest BCUT2D eigenvalue weighted by atomic mass is 16.5. The van der Waals surface area contributed by atoms with Crippen LogP contribution in [0.5, 0.6) is 11.5 Å². The summed E-state index contributed by atoms with van der Waals surface area (Å²) in [5.41, 5.74) is 1.52. The van der Waals surface area contributed by atoms with E-state index in [1.54, 1.807) is 12.1 Å². The lowest BCUT2D eigenvalue weighted by molar-refractivity contribution is -0.255. The van der Waals surface area contributed by atoms with E-state index in [4.69, 9.17) is 4.74 Å². The minimum atomic E-state index is -1.27. The number of amides is 2. The summed E-state index contributed by atoms with van der Waals surface area (Å²) in [4.78, 5) is 37.8. The van der Waals surface area contributed by atoms with Crippen LogP contribution in [0.25, 0.3) is 0 Å². The minimum absolute atomic E-state index is 0.0395. The minimum Gasteiger partial charge on any atom is -0.545 e. The average Bonchev–Trinajstić information content (AvgIpc) is 2.98. The van der Waals surface area contributed by atoms with Crippen molar-refractivity contribution in [2.75, 3.05) is 0 Å². The fourth-order valence-electron chi connectivity index (χ4n) is 3.33. The Morgan fingerprint density at radius 3 is 2.14 bits per heavy atom. The van der Waals surface area contributed by atoms with Crippen molar-refractivity contribution in [2.45, 2.75) is 13.0 Å². The molecule has 0 fully saturated rings. The smallest absolute Gasteiger partial charge is 0.262 e. The molecule has 0 radical (unpaired) electrons. The number of imide groups is 1. The van der Waals surface area contributed by atoms with Crippen molar-refractivity contribution in [3.8, 4) is 11.5 Å². The summed E-state index contributed by atoms with van der Waals surface area (Å²) in [6, 6.07) is 19.4. The van der Waals surface area contributed by atoms with Gasteiger partial charge in [0.2, 0.25) is 0 Å². The molecular weight excluding hydrogens is 370 g/mol.